The molecule has 0 aromatic heterocycles. The summed E-state index contributed by atoms with van der Waals surface area (Å²) in [5, 5.41) is 14.5. The van der Waals surface area contributed by atoms with Crippen molar-refractivity contribution in [2.75, 3.05) is 20.3 Å². The molecule has 0 fully saturated rings. The number of nitro benzene ring substituents is 1. The Kier molecular flexibility index (Phi) is 8.13. The van der Waals surface area contributed by atoms with Crippen LogP contribution in [0.4, 0.5) is 5.69 Å². The highest BCUT2D eigenvalue weighted by Gasteiger charge is 2.49. The van der Waals surface area contributed by atoms with Gasteiger partial charge in [0, 0.05) is 40.9 Å². The molecular formula is C29H30N2O8. The second kappa shape index (κ2) is 11.5. The van der Waals surface area contributed by atoms with Crippen LogP contribution in [0.2, 0.25) is 0 Å². The van der Waals surface area contributed by atoms with E-state index in [0.717, 1.165) is 0 Å². The number of rotatable bonds is 8. The number of benzene rings is 2. The lowest BCUT2D eigenvalue weighted by Gasteiger charge is -2.39. The Balaban J connectivity index is 1.92. The van der Waals surface area contributed by atoms with Gasteiger partial charge in [-0.05, 0) is 44.4 Å². The maximum Gasteiger partial charge on any atom is 0.336 e. The highest BCUT2D eigenvalue weighted by atomic mass is 16.6. The number of nitrogens with zero attached hydrogens (tertiary/aromatic N) is 1. The number of para-hydroxylation sites is 1. The molecule has 2 aromatic rings. The van der Waals surface area contributed by atoms with Crippen molar-refractivity contribution in [2.45, 2.75) is 39.0 Å². The lowest BCUT2D eigenvalue weighted by atomic mass is 9.67. The number of non-ortho nitro benzene ring substituents is 1. The van der Waals surface area contributed by atoms with Crippen molar-refractivity contribution in [3.63, 3.8) is 0 Å². The van der Waals surface area contributed by atoms with E-state index in [1.165, 1.54) is 31.4 Å². The SMILES string of the molecule is CCOC(=O)C1=C(C)NC2=C(C(=O)[C@H](C(=O)OCC)[C@H](c3ccccc3OC)C2)[C@H]1c1ccc([N+](=O)[O-])cc1. The fraction of sp³-hybridized carbons (Fsp3) is 0.345. The van der Waals surface area contributed by atoms with E-state index in [2.05, 4.69) is 5.32 Å². The maximum atomic E-state index is 14.3. The Hall–Kier alpha value is -4.47. The maximum absolute atomic E-state index is 14.3. The molecule has 0 spiro atoms. The second-order valence-electron chi connectivity index (χ2n) is 9.20. The standard InChI is InChI=1S/C29H30N2O8/c1-5-38-28(33)23-16(3)30-21-15-20(19-9-7-8-10-22(19)37-4)25(29(34)39-6-2)27(32)26(21)24(23)17-11-13-18(14-12-17)31(35)36/h7-14,20,24-25,30H,5-6,15H2,1-4H3/t20-,24-,25+/m0/s1. The summed E-state index contributed by atoms with van der Waals surface area (Å²) < 4.78 is 16.2. The van der Waals surface area contributed by atoms with Crippen molar-refractivity contribution < 1.29 is 33.5 Å². The molecular weight excluding hydrogens is 504 g/mol. The average molecular weight is 535 g/mol. The van der Waals surface area contributed by atoms with Crippen molar-refractivity contribution in [3.8, 4) is 5.75 Å². The molecule has 10 nitrogen and oxygen atoms in total. The molecule has 0 bridgehead atoms. The van der Waals surface area contributed by atoms with Gasteiger partial charge in [-0.1, -0.05) is 30.3 Å². The lowest BCUT2D eigenvalue weighted by molar-refractivity contribution is -0.384. The Morgan fingerprint density at radius 2 is 1.72 bits per heavy atom. The predicted octanol–water partition coefficient (Wildman–Crippen LogP) is 4.32. The summed E-state index contributed by atoms with van der Waals surface area (Å²) in [5.74, 6) is -3.92. The van der Waals surface area contributed by atoms with E-state index in [1.54, 1.807) is 32.9 Å². The minimum Gasteiger partial charge on any atom is -0.496 e. The van der Waals surface area contributed by atoms with Gasteiger partial charge >= 0.3 is 11.9 Å². The number of hydrogen-bond donors (Lipinski definition) is 1. The van der Waals surface area contributed by atoms with E-state index in [-0.39, 0.29) is 36.5 Å². The highest BCUT2D eigenvalue weighted by molar-refractivity contribution is 6.13. The van der Waals surface area contributed by atoms with Crippen molar-refractivity contribution in [3.05, 3.63) is 92.3 Å². The second-order valence-corrected chi connectivity index (χ2v) is 9.20. The van der Waals surface area contributed by atoms with E-state index in [1.807, 2.05) is 12.1 Å². The summed E-state index contributed by atoms with van der Waals surface area (Å²) >= 11 is 0. The molecule has 0 unspecified atom stereocenters. The van der Waals surface area contributed by atoms with E-state index in [0.29, 0.717) is 28.3 Å². The molecule has 1 heterocycles. The van der Waals surface area contributed by atoms with Crippen LogP contribution >= 0.6 is 0 Å². The molecule has 3 atom stereocenters. The number of methoxy groups -OCH3 is 1. The molecule has 1 aliphatic heterocycles. The molecule has 2 aliphatic rings. The van der Waals surface area contributed by atoms with Gasteiger partial charge in [-0.2, -0.15) is 0 Å². The van der Waals surface area contributed by atoms with Gasteiger partial charge in [-0.15, -0.1) is 0 Å². The zero-order valence-electron chi connectivity index (χ0n) is 22.2. The molecule has 1 aliphatic carbocycles. The average Bonchev–Trinajstić information content (AvgIpc) is 2.92. The summed E-state index contributed by atoms with van der Waals surface area (Å²) in [6, 6.07) is 12.9. The van der Waals surface area contributed by atoms with Crippen LogP contribution in [0.5, 0.6) is 5.75 Å². The van der Waals surface area contributed by atoms with Crippen molar-refractivity contribution in [1.29, 1.82) is 0 Å². The van der Waals surface area contributed by atoms with Crippen LogP contribution in [-0.2, 0) is 23.9 Å². The van der Waals surface area contributed by atoms with Crippen molar-refractivity contribution in [2.24, 2.45) is 5.92 Å². The number of allylic oxidation sites excluding steroid dienone is 3. The van der Waals surface area contributed by atoms with Crippen molar-refractivity contribution in [1.82, 2.24) is 5.32 Å². The van der Waals surface area contributed by atoms with Crippen LogP contribution in [0.15, 0.2) is 71.1 Å². The number of nitrogens with one attached hydrogen (secondary N) is 1. The van der Waals surface area contributed by atoms with Gasteiger partial charge in [0.1, 0.15) is 11.7 Å². The first-order valence-electron chi connectivity index (χ1n) is 12.7. The zero-order valence-corrected chi connectivity index (χ0v) is 22.2. The van der Waals surface area contributed by atoms with Gasteiger partial charge in [0.2, 0.25) is 0 Å². The van der Waals surface area contributed by atoms with Crippen LogP contribution in [0.1, 0.15) is 50.2 Å². The van der Waals surface area contributed by atoms with Crippen LogP contribution in [-0.4, -0.2) is 43.0 Å². The van der Waals surface area contributed by atoms with Gasteiger partial charge in [-0.25, -0.2) is 4.79 Å². The first-order valence-corrected chi connectivity index (χ1v) is 12.7. The fourth-order valence-electron chi connectivity index (χ4n) is 5.40. The minimum atomic E-state index is -1.19. The summed E-state index contributed by atoms with van der Waals surface area (Å²) in [6.07, 6.45) is 0.266. The first-order chi connectivity index (χ1) is 18.7. The number of nitro groups is 1. The predicted molar refractivity (Wildman–Crippen MR) is 141 cm³/mol. The molecule has 204 valence electrons. The number of ketones is 1. The smallest absolute Gasteiger partial charge is 0.336 e. The topological polar surface area (TPSA) is 134 Å². The highest BCUT2D eigenvalue weighted by Crippen LogP contribution is 2.49. The summed E-state index contributed by atoms with van der Waals surface area (Å²) in [6.45, 7) is 5.26. The number of carbonyl (C=O) groups excluding carboxylic acids is 3. The third-order valence-corrected chi connectivity index (χ3v) is 7.03. The molecule has 0 saturated heterocycles. The van der Waals surface area contributed by atoms with E-state index in [9.17, 15) is 24.5 Å². The quantitative estimate of drug-likeness (QED) is 0.227. The third kappa shape index (κ3) is 5.14. The van der Waals surface area contributed by atoms with Gasteiger partial charge in [-0.3, -0.25) is 19.7 Å². The number of Topliss-reactive ketones (excluding diaryl/α,β-unsaturated/α-hetero) is 1. The Morgan fingerprint density at radius 3 is 2.33 bits per heavy atom. The van der Waals surface area contributed by atoms with Crippen LogP contribution in [0, 0.1) is 16.0 Å². The lowest BCUT2D eigenvalue weighted by Crippen LogP contribution is -2.43. The number of dihydropyridines is 1. The molecule has 0 radical (unpaired) electrons. The largest absolute Gasteiger partial charge is 0.496 e. The minimum absolute atomic E-state index is 0.0876. The Morgan fingerprint density at radius 1 is 1.05 bits per heavy atom. The monoisotopic (exact) mass is 534 g/mol. The van der Waals surface area contributed by atoms with Crippen LogP contribution < -0.4 is 10.1 Å². The molecule has 0 saturated carbocycles. The van der Waals surface area contributed by atoms with E-state index >= 15 is 0 Å². The number of ether oxygens (including phenoxy) is 3. The molecule has 0 amide bonds. The fourth-order valence-corrected chi connectivity index (χ4v) is 5.40. The summed E-state index contributed by atoms with van der Waals surface area (Å²) in [5.41, 5.74) is 2.55. The normalized spacial score (nSPS) is 20.6. The van der Waals surface area contributed by atoms with Crippen LogP contribution in [0.25, 0.3) is 0 Å². The van der Waals surface area contributed by atoms with Crippen molar-refractivity contribution >= 4 is 23.4 Å². The third-order valence-electron chi connectivity index (χ3n) is 7.03. The molecule has 10 heteroatoms. The van der Waals surface area contributed by atoms with Gasteiger partial charge in [0.25, 0.3) is 5.69 Å². The first kappa shape index (κ1) is 27.6. The van der Waals surface area contributed by atoms with Gasteiger partial charge in [0.15, 0.2) is 5.78 Å². The Bertz CT molecular complexity index is 1380. The van der Waals surface area contributed by atoms with E-state index in [4.69, 9.17) is 14.2 Å². The number of esters is 2. The van der Waals surface area contributed by atoms with Gasteiger partial charge < -0.3 is 19.5 Å². The molecule has 39 heavy (non-hydrogen) atoms. The molecule has 2 aromatic carbocycles. The molecule has 1 N–H and O–H groups in total. The Labute approximate surface area is 225 Å². The van der Waals surface area contributed by atoms with E-state index < -0.39 is 40.4 Å². The summed E-state index contributed by atoms with van der Waals surface area (Å²) in [7, 11) is 1.52. The zero-order chi connectivity index (χ0) is 28.3. The van der Waals surface area contributed by atoms with Crippen LogP contribution in [0.3, 0.4) is 0 Å². The summed E-state index contributed by atoms with van der Waals surface area (Å²) in [4.78, 5) is 51.5. The number of carbonyl (C=O) groups is 3. The number of hydrogen-bond acceptors (Lipinski definition) is 9. The van der Waals surface area contributed by atoms with Gasteiger partial charge in [0.05, 0.1) is 30.8 Å². The molecule has 4 rings (SSSR count).